The molecule has 0 aromatic carbocycles. The summed E-state index contributed by atoms with van der Waals surface area (Å²) in [4.78, 5) is 145. The number of ether oxygens (including phenoxy) is 8. The lowest BCUT2D eigenvalue weighted by molar-refractivity contribution is -0.279. The zero-order valence-corrected chi connectivity index (χ0v) is 76.3. The van der Waals surface area contributed by atoms with Gasteiger partial charge in [0.1, 0.15) is 44.0 Å². The highest BCUT2D eigenvalue weighted by Crippen LogP contribution is 2.20. The topological polar surface area (TPSA) is 480 Å². The molecule has 0 radical (unpaired) electrons. The number of rotatable bonds is 81. The second-order valence-corrected chi connectivity index (χ2v) is 30.2. The van der Waals surface area contributed by atoms with Crippen LogP contribution < -0.4 is 0 Å². The number of carboxylic acid groups (broad SMARTS) is 3. The van der Waals surface area contributed by atoms with Gasteiger partial charge in [0, 0.05) is 83.5 Å². The van der Waals surface area contributed by atoms with E-state index in [-0.39, 0.29) is 183 Å². The standard InChI is InChI=1S/2C33H58O10.C16H32O2.C6H10O4.C3H8O3.6CH4.2H2O/c2*1-5-6-7-8-9-10-11-12-13-14-15-16-21-28(2)43-41-27-29(42-33(37)25-20-18-23-31(35)39-4)26-40-32(36)24-19-17-22-30(34)38-3;1-2-3-4-5-6-7-8-9-10-11-12-13-14-15-16(17)18;7-5(8)3-1-2-4-6(9)10;4-1-3(6)2-5;;;;;;;;/h2*29H,2,5-27H2,1,3-4H3;2-15H2,1H3,(H,17,18);1-4H2,(H,7,8)(H,9,10);3-6H,1-2H2;6*1H4;2*1H2/p-2. The van der Waals surface area contributed by atoms with Crippen LogP contribution in [0.2, 0.25) is 0 Å². The van der Waals surface area contributed by atoms with E-state index < -0.39 is 60.1 Å². The van der Waals surface area contributed by atoms with E-state index in [2.05, 4.69) is 52.9 Å². The first-order chi connectivity index (χ1) is 57.8. The molecule has 0 saturated carbocycles. The van der Waals surface area contributed by atoms with Crippen molar-refractivity contribution < 1.29 is 152 Å². The van der Waals surface area contributed by atoms with Crippen LogP contribution in [0.3, 0.4) is 0 Å². The smallest absolute Gasteiger partial charge is 0.306 e. The average molecular weight is 1850 g/mol. The van der Waals surface area contributed by atoms with Crippen LogP contribution in [0.4, 0.5) is 0 Å². The van der Waals surface area contributed by atoms with Crippen molar-refractivity contribution in [2.45, 2.75) is 469 Å². The van der Waals surface area contributed by atoms with Gasteiger partial charge in [-0.1, -0.05) is 297 Å². The van der Waals surface area contributed by atoms with Gasteiger partial charge in [-0.05, 0) is 83.5 Å². The summed E-state index contributed by atoms with van der Waals surface area (Å²) < 4.78 is 39.8. The average Bonchev–Trinajstić information content (AvgIpc) is 0.948. The van der Waals surface area contributed by atoms with Gasteiger partial charge < -0.3 is 89.3 Å². The first-order valence-corrected chi connectivity index (χ1v) is 45.3. The third-order valence-corrected chi connectivity index (χ3v) is 18.8. The molecular formula is C97H192O31-2. The van der Waals surface area contributed by atoms with Crippen LogP contribution in [-0.4, -0.2) is 194 Å². The number of allylic oxidation sites excluding steroid dienone is 2. The molecule has 768 valence electrons. The Morgan fingerprint density at radius 3 is 0.609 bits per heavy atom. The molecule has 2 unspecified atom stereocenters. The molecule has 31 heteroatoms. The van der Waals surface area contributed by atoms with Gasteiger partial charge in [-0.15, -0.1) is 0 Å². The maximum Gasteiger partial charge on any atom is 0.306 e. The van der Waals surface area contributed by atoms with Crippen molar-refractivity contribution >= 4 is 65.7 Å². The molecule has 0 aromatic rings. The van der Waals surface area contributed by atoms with Crippen LogP contribution in [-0.2, 0) is 110 Å². The van der Waals surface area contributed by atoms with E-state index in [9.17, 15) is 52.7 Å². The predicted molar refractivity (Wildman–Crippen MR) is 503 cm³/mol. The molecule has 0 aliphatic rings. The minimum absolute atomic E-state index is 0. The van der Waals surface area contributed by atoms with E-state index in [1.54, 1.807) is 0 Å². The number of carbonyl (C=O) groups is 11. The normalized spacial score (nSPS) is 10.4. The maximum atomic E-state index is 12.3. The lowest BCUT2D eigenvalue weighted by Gasteiger charge is -2.18. The Balaban J connectivity index is -0.000000132. The number of esters is 8. The molecule has 0 bridgehead atoms. The summed E-state index contributed by atoms with van der Waals surface area (Å²) in [5, 5.41) is 48.8. The van der Waals surface area contributed by atoms with Gasteiger partial charge in [0.05, 0.1) is 41.7 Å². The van der Waals surface area contributed by atoms with Crippen molar-refractivity contribution in [2.75, 3.05) is 68.1 Å². The minimum Gasteiger partial charge on any atom is -0.870 e. The Morgan fingerprint density at radius 1 is 0.250 bits per heavy atom. The predicted octanol–water partition coefficient (Wildman–Crippen LogP) is 23.0. The molecule has 0 aromatic heterocycles. The van der Waals surface area contributed by atoms with Gasteiger partial charge >= 0.3 is 65.7 Å². The van der Waals surface area contributed by atoms with E-state index in [1.807, 2.05) is 0 Å². The molecule has 0 spiro atoms. The molecule has 0 fully saturated rings. The summed E-state index contributed by atoms with van der Waals surface area (Å²) in [6.07, 6.45) is 52.5. The lowest BCUT2D eigenvalue weighted by Crippen LogP contribution is -2.29. The Hall–Kier alpha value is -7.03. The third kappa shape index (κ3) is 130. The van der Waals surface area contributed by atoms with E-state index in [4.69, 9.17) is 69.1 Å². The van der Waals surface area contributed by atoms with E-state index >= 15 is 0 Å². The highest BCUT2D eigenvalue weighted by atomic mass is 17.2. The van der Waals surface area contributed by atoms with Gasteiger partial charge in [-0.25, -0.2) is 0 Å². The maximum absolute atomic E-state index is 12.3. The van der Waals surface area contributed by atoms with Crippen molar-refractivity contribution in [3.63, 3.8) is 0 Å². The van der Waals surface area contributed by atoms with Crippen LogP contribution in [0.15, 0.2) is 24.7 Å². The quantitative estimate of drug-likeness (QED) is 0.00822. The number of aliphatic carboxylic acids is 3. The van der Waals surface area contributed by atoms with Crippen molar-refractivity contribution in [3.8, 4) is 0 Å². The molecule has 0 amide bonds. The lowest BCUT2D eigenvalue weighted by atomic mass is 10.0. The summed E-state index contributed by atoms with van der Waals surface area (Å²) in [5.74, 6) is -4.68. The van der Waals surface area contributed by atoms with Crippen LogP contribution in [0.25, 0.3) is 0 Å². The highest BCUT2D eigenvalue weighted by molar-refractivity contribution is 5.73. The summed E-state index contributed by atoms with van der Waals surface area (Å²) in [5.41, 5.74) is 0. The zero-order valence-electron chi connectivity index (χ0n) is 76.3. The van der Waals surface area contributed by atoms with Crippen molar-refractivity contribution in [2.24, 2.45) is 0 Å². The second kappa shape index (κ2) is 120. The van der Waals surface area contributed by atoms with Gasteiger partial charge in [0.25, 0.3) is 0 Å². The largest absolute Gasteiger partial charge is 0.870 e. The summed E-state index contributed by atoms with van der Waals surface area (Å²) in [6, 6.07) is 0. The van der Waals surface area contributed by atoms with E-state index in [1.165, 1.54) is 227 Å². The molecule has 2 atom stereocenters. The molecule has 0 aliphatic carbocycles. The number of unbranched alkanes of at least 4 members (excludes halogenated alkanes) is 39. The van der Waals surface area contributed by atoms with E-state index in [0.717, 1.165) is 38.5 Å². The van der Waals surface area contributed by atoms with E-state index in [0.29, 0.717) is 95.0 Å². The summed E-state index contributed by atoms with van der Waals surface area (Å²) >= 11 is 0. The van der Waals surface area contributed by atoms with Gasteiger partial charge in [-0.2, -0.15) is 9.78 Å². The number of hydrogen-bond donors (Lipinski definition) is 6. The molecule has 0 heterocycles. The molecule has 31 nitrogen and oxygen atoms in total. The Morgan fingerprint density at radius 2 is 0.422 bits per heavy atom. The van der Waals surface area contributed by atoms with Gasteiger partial charge in [-0.3, -0.25) is 52.7 Å². The van der Waals surface area contributed by atoms with Crippen LogP contribution in [0, 0.1) is 0 Å². The van der Waals surface area contributed by atoms with Gasteiger partial charge in [0.15, 0.2) is 12.2 Å². The minimum atomic E-state index is -0.954. The van der Waals surface area contributed by atoms with Crippen molar-refractivity contribution in [1.29, 1.82) is 0 Å². The summed E-state index contributed by atoms with van der Waals surface area (Å²) in [7, 11) is 5.27. The highest BCUT2D eigenvalue weighted by Gasteiger charge is 2.22. The molecule has 128 heavy (non-hydrogen) atoms. The monoisotopic (exact) mass is 1850 g/mol. The Labute approximate surface area is 775 Å². The first-order valence-electron chi connectivity index (χ1n) is 45.3. The van der Waals surface area contributed by atoms with Crippen molar-refractivity contribution in [1.82, 2.24) is 0 Å². The molecule has 0 rings (SSSR count). The number of aliphatic hydroxyl groups is 3. The third-order valence-electron chi connectivity index (χ3n) is 18.8. The molecule has 0 aliphatic heterocycles. The number of aliphatic hydroxyl groups excluding tert-OH is 3. The van der Waals surface area contributed by atoms with Crippen LogP contribution >= 0.6 is 0 Å². The second-order valence-electron chi connectivity index (χ2n) is 30.2. The molecular weight excluding hydrogens is 1660 g/mol. The SMILES string of the molecule is C.C.C.C.C.C.C=C(CCCCCCCCCCCCCC)OOCC(COC(=O)CCCCC(=O)OC)OC(=O)CCCCC(=O)OC.C=C(CCCCCCCCCCCCCC)OOCC(COC(=O)CCCCC(=O)OC)OC(=O)CCCCC(=O)OC.CCCCCCCCCCCCCCCC(=O)O.O=C(O)CCCCC(=O)O.OCC(O)CO.[OH-].[OH-]. The Bertz CT molecular complexity index is 2340. The van der Waals surface area contributed by atoms with Crippen molar-refractivity contribution in [3.05, 3.63) is 24.7 Å². The van der Waals surface area contributed by atoms with Gasteiger partial charge in [0.2, 0.25) is 0 Å². The fraction of sp³-hybridized carbons (Fsp3) is 0.845. The molecule has 0 saturated heterocycles. The molecule has 8 N–H and O–H groups in total. The Kier molecular flexibility index (Phi) is 140. The zero-order chi connectivity index (χ0) is 90.4. The van der Waals surface area contributed by atoms with Crippen LogP contribution in [0.1, 0.15) is 451 Å². The number of carbonyl (C=O) groups excluding carboxylic acids is 8. The number of methoxy groups -OCH3 is 4. The number of carboxylic acids is 3. The number of hydrogen-bond acceptors (Lipinski definition) is 28. The van der Waals surface area contributed by atoms with Crippen LogP contribution in [0.5, 0.6) is 0 Å². The summed E-state index contributed by atoms with van der Waals surface area (Å²) in [6.45, 7) is 13.1. The fourth-order valence-corrected chi connectivity index (χ4v) is 11.5. The fourth-order valence-electron chi connectivity index (χ4n) is 11.5. The first kappa shape index (κ1) is 149.